The van der Waals surface area contributed by atoms with Gasteiger partial charge in [-0.2, -0.15) is 9.97 Å². The Morgan fingerprint density at radius 2 is 1.36 bits per heavy atom. The van der Waals surface area contributed by atoms with Gasteiger partial charge < -0.3 is 34.7 Å². The molecule has 2 aromatic rings. The fourth-order valence-electron chi connectivity index (χ4n) is 4.42. The highest BCUT2D eigenvalue weighted by Crippen LogP contribution is 2.24. The number of carbonyl (C=O) groups excluding carboxylic acids is 2. The molecule has 0 radical (unpaired) electrons. The lowest BCUT2D eigenvalue weighted by Crippen LogP contribution is -2.22. The van der Waals surface area contributed by atoms with Gasteiger partial charge in [-0.05, 0) is 52.4 Å². The molecule has 3 N–H and O–H groups in total. The van der Waals surface area contributed by atoms with Gasteiger partial charge in [-0.1, -0.05) is 62.8 Å². The van der Waals surface area contributed by atoms with Gasteiger partial charge in [0.15, 0.2) is 17.0 Å². The minimum Gasteiger partial charge on any atom is -0.434 e. The van der Waals surface area contributed by atoms with Crippen LogP contribution in [0.1, 0.15) is 104 Å². The molecule has 0 saturated heterocycles. The van der Waals surface area contributed by atoms with Crippen LogP contribution in [0.4, 0.5) is 21.4 Å². The first-order chi connectivity index (χ1) is 22.0. The van der Waals surface area contributed by atoms with Crippen molar-refractivity contribution in [2.45, 2.75) is 104 Å². The van der Waals surface area contributed by atoms with Crippen molar-refractivity contribution >= 4 is 35.2 Å². The molecule has 0 aliphatic rings. The van der Waals surface area contributed by atoms with Gasteiger partial charge in [-0.3, -0.25) is 4.57 Å². The maximum atomic E-state index is 12.6. The van der Waals surface area contributed by atoms with E-state index >= 15 is 0 Å². The Balaban J connectivity index is 1.79. The maximum absolute atomic E-state index is 12.6. The van der Waals surface area contributed by atoms with Gasteiger partial charge in [-0.15, -0.1) is 0 Å². The number of unbranched alkanes of at least 4 members (excludes halogenated alkanes) is 10. The molecule has 0 aromatic carbocycles. The minimum atomic E-state index is -1.25. The topological polar surface area (TPSA) is 162 Å². The van der Waals surface area contributed by atoms with E-state index in [1.807, 2.05) is 13.8 Å². The van der Waals surface area contributed by atoms with Crippen molar-refractivity contribution in [3.63, 3.8) is 0 Å². The molecule has 2 aromatic heterocycles. The Kier molecular flexibility index (Phi) is 19.5. The van der Waals surface area contributed by atoms with E-state index in [9.17, 15) is 9.59 Å². The first-order valence-corrected chi connectivity index (χ1v) is 16.1. The van der Waals surface area contributed by atoms with Crippen molar-refractivity contribution in [3.05, 3.63) is 30.6 Å². The summed E-state index contributed by atoms with van der Waals surface area (Å²) in [6, 6.07) is 0. The van der Waals surface area contributed by atoms with Gasteiger partial charge in [0.05, 0.1) is 26.4 Å². The Labute approximate surface area is 266 Å². The summed E-state index contributed by atoms with van der Waals surface area (Å²) in [5.74, 6) is 0.427. The molecule has 2 rings (SSSR count). The summed E-state index contributed by atoms with van der Waals surface area (Å²) >= 11 is 0. The van der Waals surface area contributed by atoms with Crippen molar-refractivity contribution in [2.24, 2.45) is 0 Å². The summed E-state index contributed by atoms with van der Waals surface area (Å²) in [6.45, 7) is 4.77. The van der Waals surface area contributed by atoms with E-state index in [-0.39, 0.29) is 25.8 Å². The fourth-order valence-corrected chi connectivity index (χ4v) is 4.42. The van der Waals surface area contributed by atoms with E-state index in [0.717, 1.165) is 64.2 Å². The van der Waals surface area contributed by atoms with Crippen LogP contribution in [0, 0.1) is 0 Å². The van der Waals surface area contributed by atoms with Crippen molar-refractivity contribution in [3.8, 4) is 0 Å². The number of allylic oxidation sites excluding steroid dienone is 4. The summed E-state index contributed by atoms with van der Waals surface area (Å²) in [4.78, 5) is 37.2. The van der Waals surface area contributed by atoms with Crippen LogP contribution in [-0.4, -0.2) is 65.3 Å². The molecule has 0 bridgehead atoms. The van der Waals surface area contributed by atoms with E-state index in [1.54, 1.807) is 7.05 Å². The Hall–Kier alpha value is -3.87. The normalized spacial score (nSPS) is 12.2. The molecule has 0 aliphatic heterocycles. The molecule has 0 fully saturated rings. The molecule has 2 heterocycles. The average molecular weight is 633 g/mol. The summed E-state index contributed by atoms with van der Waals surface area (Å²) in [6.07, 6.45) is 19.9. The number of imidazole rings is 1. The zero-order valence-corrected chi connectivity index (χ0v) is 27.2. The zero-order valence-electron chi connectivity index (χ0n) is 27.2. The van der Waals surface area contributed by atoms with Crippen molar-refractivity contribution in [2.75, 3.05) is 44.5 Å². The van der Waals surface area contributed by atoms with Gasteiger partial charge >= 0.3 is 12.3 Å². The third kappa shape index (κ3) is 15.6. The molecule has 0 saturated carbocycles. The number of carbonyl (C=O) groups is 2. The van der Waals surface area contributed by atoms with Crippen LogP contribution < -0.4 is 11.1 Å². The molecule has 13 nitrogen and oxygen atoms in total. The predicted molar refractivity (Wildman–Crippen MR) is 174 cm³/mol. The smallest absolute Gasteiger partial charge is 0.434 e. The Bertz CT molecular complexity index is 1170. The van der Waals surface area contributed by atoms with Gasteiger partial charge in [0, 0.05) is 13.5 Å². The third-order valence-corrected chi connectivity index (χ3v) is 6.81. The first kappa shape index (κ1) is 37.3. The number of hydrogen-bond donors (Lipinski definition) is 2. The van der Waals surface area contributed by atoms with Gasteiger partial charge in [0.2, 0.25) is 5.95 Å². The number of anilines is 2. The number of nitrogens with one attached hydrogen (secondary N) is 1. The highest BCUT2D eigenvalue weighted by atomic mass is 16.8. The largest absolute Gasteiger partial charge is 0.512 e. The number of rotatable bonds is 24. The van der Waals surface area contributed by atoms with Crippen molar-refractivity contribution in [1.29, 1.82) is 0 Å². The molecular formula is C32H52N6O7. The second kappa shape index (κ2) is 23.5. The Morgan fingerprint density at radius 1 is 0.800 bits per heavy atom. The third-order valence-electron chi connectivity index (χ3n) is 6.81. The van der Waals surface area contributed by atoms with E-state index < -0.39 is 18.7 Å². The molecule has 45 heavy (non-hydrogen) atoms. The van der Waals surface area contributed by atoms with E-state index in [1.165, 1.54) is 23.7 Å². The highest BCUT2D eigenvalue weighted by Gasteiger charge is 2.23. The van der Waals surface area contributed by atoms with Gasteiger partial charge in [-0.25, -0.2) is 14.6 Å². The standard InChI is InChI=1S/C32H52N6O7/c1-4-6-8-10-12-14-16-18-21-42-31(39)43-24-20-23-41-30(38-25-35-26-27(34-3)36-29(33)37-28(26)38)45-32(40)44-22-19-17-15-13-11-9-7-5-2/h4-7,25,30H,8-24H2,1-3H3,(H3,33,34,36,37). The summed E-state index contributed by atoms with van der Waals surface area (Å²) < 4.78 is 28.4. The van der Waals surface area contributed by atoms with Gasteiger partial charge in [0.1, 0.15) is 6.33 Å². The Morgan fingerprint density at radius 3 is 1.96 bits per heavy atom. The maximum Gasteiger partial charge on any atom is 0.512 e. The lowest BCUT2D eigenvalue weighted by atomic mass is 10.1. The number of fused-ring (bicyclic) bond motifs is 1. The van der Waals surface area contributed by atoms with E-state index in [2.05, 4.69) is 44.6 Å². The SMILES string of the molecule is CC=CCCCCCCCOC(=O)OCCCOC(OC(=O)OCCCCCCCC=CC)n1cnc2c(NC)nc(N)nc21. The second-order valence-corrected chi connectivity index (χ2v) is 10.5. The van der Waals surface area contributed by atoms with Crippen LogP contribution in [0.15, 0.2) is 30.6 Å². The van der Waals surface area contributed by atoms with Crippen LogP contribution in [0.2, 0.25) is 0 Å². The zero-order chi connectivity index (χ0) is 32.5. The number of nitrogens with two attached hydrogens (primary N) is 1. The summed E-state index contributed by atoms with van der Waals surface area (Å²) in [5, 5.41) is 2.92. The second-order valence-electron chi connectivity index (χ2n) is 10.5. The molecule has 0 spiro atoms. The number of aromatic nitrogens is 4. The number of nitrogens with zero attached hydrogens (tertiary/aromatic N) is 4. The van der Waals surface area contributed by atoms with Crippen LogP contribution in [-0.2, 0) is 23.7 Å². The molecule has 0 amide bonds. The number of ether oxygens (including phenoxy) is 5. The van der Waals surface area contributed by atoms with Crippen molar-refractivity contribution < 1.29 is 33.3 Å². The lowest BCUT2D eigenvalue weighted by molar-refractivity contribution is -0.168. The highest BCUT2D eigenvalue weighted by molar-refractivity contribution is 5.84. The molecule has 13 heteroatoms. The quantitative estimate of drug-likeness (QED) is 0.0509. The van der Waals surface area contributed by atoms with Crippen LogP contribution in [0.25, 0.3) is 11.2 Å². The monoisotopic (exact) mass is 632 g/mol. The molecular weight excluding hydrogens is 580 g/mol. The van der Waals surface area contributed by atoms with Crippen LogP contribution >= 0.6 is 0 Å². The predicted octanol–water partition coefficient (Wildman–Crippen LogP) is 7.45. The fraction of sp³-hybridized carbons (Fsp3) is 0.656. The van der Waals surface area contributed by atoms with E-state index in [0.29, 0.717) is 30.0 Å². The van der Waals surface area contributed by atoms with Crippen LogP contribution in [0.3, 0.4) is 0 Å². The van der Waals surface area contributed by atoms with Crippen LogP contribution in [0.5, 0.6) is 0 Å². The first-order valence-electron chi connectivity index (χ1n) is 16.1. The minimum absolute atomic E-state index is 0.0111. The molecule has 252 valence electrons. The molecule has 1 atom stereocenters. The van der Waals surface area contributed by atoms with Gasteiger partial charge in [0.25, 0.3) is 6.41 Å². The van der Waals surface area contributed by atoms with E-state index in [4.69, 9.17) is 29.4 Å². The number of hydrogen-bond acceptors (Lipinski definition) is 12. The van der Waals surface area contributed by atoms with Crippen molar-refractivity contribution in [1.82, 2.24) is 19.5 Å². The summed E-state index contributed by atoms with van der Waals surface area (Å²) in [7, 11) is 1.68. The molecule has 1 unspecified atom stereocenters. The number of nitrogen functional groups attached to an aromatic ring is 1. The summed E-state index contributed by atoms with van der Waals surface area (Å²) in [5.41, 5.74) is 6.60. The lowest BCUT2D eigenvalue weighted by Gasteiger charge is -2.19. The molecule has 0 aliphatic carbocycles. The average Bonchev–Trinajstić information content (AvgIpc) is 3.45.